The maximum atomic E-state index is 4.46. The van der Waals surface area contributed by atoms with Crippen LogP contribution in [0.1, 0.15) is 16.4 Å². The second-order valence-electron chi connectivity index (χ2n) is 4.12. The van der Waals surface area contributed by atoms with Gasteiger partial charge in [0.1, 0.15) is 0 Å². The lowest BCUT2D eigenvalue weighted by Crippen LogP contribution is -1.96. The smallest absolute Gasteiger partial charge is 0.0879 e. The molecule has 1 aliphatic carbocycles. The van der Waals surface area contributed by atoms with Crippen LogP contribution in [0.15, 0.2) is 52.7 Å². The normalized spacial score (nSPS) is 15.7. The van der Waals surface area contributed by atoms with Crippen molar-refractivity contribution >= 4 is 50.7 Å². The van der Waals surface area contributed by atoms with Crippen molar-refractivity contribution in [2.24, 2.45) is 10.2 Å². The first-order valence-corrected chi connectivity index (χ1v) is 7.19. The number of rotatable bonds is 2. The Morgan fingerprint density at radius 1 is 1.11 bits per heavy atom. The van der Waals surface area contributed by atoms with Crippen molar-refractivity contribution in [2.75, 3.05) is 0 Å². The van der Waals surface area contributed by atoms with Crippen molar-refractivity contribution < 1.29 is 0 Å². The van der Waals surface area contributed by atoms with Gasteiger partial charge in [-0.3, -0.25) is 0 Å². The Hall–Kier alpha value is -1.83. The van der Waals surface area contributed by atoms with Gasteiger partial charge >= 0.3 is 0 Å². The zero-order valence-corrected chi connectivity index (χ0v) is 11.7. The number of hydrogen-bond donors (Lipinski definition) is 1. The second-order valence-corrected chi connectivity index (χ2v) is 5.31. The van der Waals surface area contributed by atoms with Gasteiger partial charge in [-0.25, -0.2) is 0 Å². The molecule has 92 valence electrons. The molecule has 1 aliphatic rings. The fourth-order valence-electron chi connectivity index (χ4n) is 2.33. The van der Waals surface area contributed by atoms with Gasteiger partial charge in [-0.2, -0.15) is 0 Å². The molecule has 1 atom stereocenters. The molecule has 0 saturated carbocycles. The van der Waals surface area contributed by atoms with Crippen LogP contribution in [0.4, 0.5) is 0 Å². The second kappa shape index (κ2) is 5.43. The van der Waals surface area contributed by atoms with Crippen LogP contribution in [0.5, 0.6) is 0 Å². The topological polar surface area (TPSA) is 24.7 Å². The van der Waals surface area contributed by atoms with Crippen molar-refractivity contribution in [3.8, 4) is 0 Å². The van der Waals surface area contributed by atoms with Crippen LogP contribution in [0.25, 0.3) is 16.8 Å². The zero-order chi connectivity index (χ0) is 13.1. The number of isothiocyanates is 2. The van der Waals surface area contributed by atoms with Crippen molar-refractivity contribution in [3.05, 3.63) is 53.6 Å². The molecule has 2 aromatic rings. The van der Waals surface area contributed by atoms with E-state index < -0.39 is 0 Å². The SMILES string of the molecule is S=C=NN=C=[SH]C1C=Cc2cccc3cccc1c23. The molecule has 1 unspecified atom stereocenters. The van der Waals surface area contributed by atoms with Crippen LogP contribution >= 0.6 is 23.6 Å². The Kier molecular flexibility index (Phi) is 3.49. The molecule has 0 bridgehead atoms. The van der Waals surface area contributed by atoms with E-state index in [9.17, 15) is 0 Å². The van der Waals surface area contributed by atoms with Crippen LogP contribution in [0.2, 0.25) is 0 Å². The average Bonchev–Trinajstić information content (AvgIpc) is 2.46. The van der Waals surface area contributed by atoms with Gasteiger partial charge in [0.2, 0.25) is 0 Å². The third-order valence-electron chi connectivity index (χ3n) is 3.08. The molecule has 4 heteroatoms. The number of thiocarbonyl (C=S) groups is 1. The molecule has 0 aromatic heterocycles. The standard InChI is InChI=1S/C15H10N2S2/c18-9-16-17-10-19-14-8-7-12-4-1-3-11-5-2-6-13(14)15(11)12/h1-8,14,19H. The van der Waals surface area contributed by atoms with Gasteiger partial charge < -0.3 is 0 Å². The molecule has 0 spiro atoms. The van der Waals surface area contributed by atoms with Crippen LogP contribution in [0.3, 0.4) is 0 Å². The van der Waals surface area contributed by atoms with E-state index in [0.717, 1.165) is 11.4 Å². The minimum Gasteiger partial charge on any atom is -0.125 e. The highest BCUT2D eigenvalue weighted by Crippen LogP contribution is 2.37. The molecule has 0 N–H and O–H groups in total. The highest BCUT2D eigenvalue weighted by atomic mass is 32.1. The first kappa shape index (κ1) is 12.2. The van der Waals surface area contributed by atoms with E-state index >= 15 is 0 Å². The van der Waals surface area contributed by atoms with Crippen molar-refractivity contribution in [1.82, 2.24) is 0 Å². The summed E-state index contributed by atoms with van der Waals surface area (Å²) in [5.41, 5.74) is 2.58. The average molecular weight is 282 g/mol. The lowest BCUT2D eigenvalue weighted by molar-refractivity contribution is 1.26. The Morgan fingerprint density at radius 2 is 1.95 bits per heavy atom. The van der Waals surface area contributed by atoms with Crippen LogP contribution < -0.4 is 0 Å². The summed E-state index contributed by atoms with van der Waals surface area (Å²) in [5.74, 6) is 0. The first-order chi connectivity index (χ1) is 9.40. The molecule has 19 heavy (non-hydrogen) atoms. The maximum absolute atomic E-state index is 4.46. The molecule has 0 aliphatic heterocycles. The van der Waals surface area contributed by atoms with Gasteiger partial charge in [-0.1, -0.05) is 58.8 Å². The summed E-state index contributed by atoms with van der Waals surface area (Å²) >= 11 is 5.42. The summed E-state index contributed by atoms with van der Waals surface area (Å²) in [6, 6.07) is 12.8. The van der Waals surface area contributed by atoms with Gasteiger partial charge in [-0.15, -0.1) is 11.4 Å². The van der Waals surface area contributed by atoms with Crippen LogP contribution in [0, 0.1) is 0 Å². The minimum absolute atomic E-state index is 0.266. The summed E-state index contributed by atoms with van der Waals surface area (Å²) in [5, 5.41) is 15.2. The fourth-order valence-corrected chi connectivity index (χ4v) is 3.11. The number of nitrogens with zero attached hydrogens (tertiary/aromatic N) is 2. The predicted octanol–water partition coefficient (Wildman–Crippen LogP) is 4.30. The van der Waals surface area contributed by atoms with Gasteiger partial charge in [0.25, 0.3) is 0 Å². The van der Waals surface area contributed by atoms with Crippen LogP contribution in [-0.4, -0.2) is 10.3 Å². The summed E-state index contributed by atoms with van der Waals surface area (Å²) in [6.45, 7) is 0. The van der Waals surface area contributed by atoms with Crippen molar-refractivity contribution in [3.63, 3.8) is 0 Å². The highest BCUT2D eigenvalue weighted by molar-refractivity contribution is 7.97. The van der Waals surface area contributed by atoms with E-state index in [0.29, 0.717) is 0 Å². The quantitative estimate of drug-likeness (QED) is 0.378. The molecule has 2 aromatic carbocycles. The van der Waals surface area contributed by atoms with E-state index in [-0.39, 0.29) is 5.25 Å². The molecule has 2 nitrogen and oxygen atoms in total. The Morgan fingerprint density at radius 3 is 2.79 bits per heavy atom. The molecule has 0 fully saturated rings. The summed E-state index contributed by atoms with van der Waals surface area (Å²) in [4.78, 5) is 0. The van der Waals surface area contributed by atoms with E-state index in [1.807, 2.05) is 0 Å². The lowest BCUT2D eigenvalue weighted by atomic mass is 9.93. The highest BCUT2D eigenvalue weighted by Gasteiger charge is 2.14. The largest absolute Gasteiger partial charge is 0.125 e. The Labute approximate surface area is 120 Å². The predicted molar refractivity (Wildman–Crippen MR) is 87.2 cm³/mol. The summed E-state index contributed by atoms with van der Waals surface area (Å²) < 4.78 is 0. The van der Waals surface area contributed by atoms with Gasteiger partial charge in [0, 0.05) is 10.4 Å². The molecule has 0 amide bonds. The van der Waals surface area contributed by atoms with E-state index in [4.69, 9.17) is 0 Å². The third-order valence-corrected chi connectivity index (χ3v) is 4.09. The van der Waals surface area contributed by atoms with Crippen molar-refractivity contribution in [2.45, 2.75) is 5.25 Å². The van der Waals surface area contributed by atoms with E-state index in [2.05, 4.69) is 81.3 Å². The number of hydrogen-bond acceptors (Lipinski definition) is 3. The van der Waals surface area contributed by atoms with Crippen molar-refractivity contribution in [1.29, 1.82) is 0 Å². The zero-order valence-electron chi connectivity index (χ0n) is 9.95. The summed E-state index contributed by atoms with van der Waals surface area (Å²) in [7, 11) is 0. The molecular weight excluding hydrogens is 272 g/mol. The van der Waals surface area contributed by atoms with E-state index in [1.54, 1.807) is 0 Å². The van der Waals surface area contributed by atoms with Gasteiger partial charge in [-0.05, 0) is 34.1 Å². The molecule has 3 rings (SSSR count). The Balaban J connectivity index is 2.14. The number of thiol groups is 1. The Bertz CT molecular complexity index is 775. The monoisotopic (exact) mass is 282 g/mol. The maximum Gasteiger partial charge on any atom is 0.0879 e. The minimum atomic E-state index is 0.266. The van der Waals surface area contributed by atoms with E-state index in [1.165, 1.54) is 21.9 Å². The fraction of sp³-hybridized carbons (Fsp3) is 0.0667. The lowest BCUT2D eigenvalue weighted by Gasteiger charge is -2.17. The molecule has 0 radical (unpaired) electrons. The number of benzene rings is 2. The molecule has 0 saturated heterocycles. The summed E-state index contributed by atoms with van der Waals surface area (Å²) in [6.07, 6.45) is 4.35. The molecule has 0 heterocycles. The molecular formula is C15H10N2S2. The van der Waals surface area contributed by atoms with Gasteiger partial charge in [0.05, 0.1) is 5.16 Å². The first-order valence-electron chi connectivity index (χ1n) is 5.82. The van der Waals surface area contributed by atoms with Gasteiger partial charge in [0.15, 0.2) is 0 Å². The third kappa shape index (κ3) is 2.35. The van der Waals surface area contributed by atoms with Crippen LogP contribution in [-0.2, 0) is 0 Å².